The molecule has 0 aliphatic carbocycles. The van der Waals surface area contributed by atoms with Crippen molar-refractivity contribution in [1.82, 2.24) is 4.98 Å². The van der Waals surface area contributed by atoms with Gasteiger partial charge in [-0.2, -0.15) is 0 Å². The second-order valence-electron chi connectivity index (χ2n) is 5.17. The lowest BCUT2D eigenvalue weighted by Gasteiger charge is -2.19. The molecule has 0 saturated heterocycles. The lowest BCUT2D eigenvalue weighted by molar-refractivity contribution is 1.13. The Balaban J connectivity index is 2.07. The Morgan fingerprint density at radius 1 is 1.00 bits per heavy atom. The number of aromatic nitrogens is 1. The average molecular weight is 278 g/mol. The quantitative estimate of drug-likeness (QED) is 0.718. The van der Waals surface area contributed by atoms with Gasteiger partial charge in [0.2, 0.25) is 0 Å². The van der Waals surface area contributed by atoms with Crippen molar-refractivity contribution < 1.29 is 0 Å². The lowest BCUT2D eigenvalue weighted by Crippen LogP contribution is -2.10. The Labute approximate surface area is 124 Å². The standard InChI is InChI=1S/C17H18N4/c1-21(2)17-6-4-3-5-15(17)20-14-9-10-19-16-11-12(18)7-8-13(14)16/h3-11H,18H2,1-2H3,(H,19,20). The number of hydrogen-bond acceptors (Lipinski definition) is 4. The van der Waals surface area contributed by atoms with E-state index in [1.54, 1.807) is 6.20 Å². The molecule has 0 saturated carbocycles. The highest BCUT2D eigenvalue weighted by molar-refractivity contribution is 5.95. The number of para-hydroxylation sites is 2. The number of anilines is 4. The van der Waals surface area contributed by atoms with Gasteiger partial charge >= 0.3 is 0 Å². The van der Waals surface area contributed by atoms with Crippen LogP contribution in [0.4, 0.5) is 22.7 Å². The van der Waals surface area contributed by atoms with Crippen molar-refractivity contribution in [3.8, 4) is 0 Å². The van der Waals surface area contributed by atoms with Gasteiger partial charge < -0.3 is 16.0 Å². The van der Waals surface area contributed by atoms with Crippen molar-refractivity contribution in [3.05, 3.63) is 54.7 Å². The number of nitrogens with one attached hydrogen (secondary N) is 1. The van der Waals surface area contributed by atoms with Gasteiger partial charge in [0.05, 0.1) is 16.9 Å². The Kier molecular flexibility index (Phi) is 3.36. The molecular weight excluding hydrogens is 260 g/mol. The second-order valence-corrected chi connectivity index (χ2v) is 5.17. The van der Waals surface area contributed by atoms with Gasteiger partial charge in [-0.05, 0) is 36.4 Å². The molecule has 0 aliphatic heterocycles. The predicted molar refractivity (Wildman–Crippen MR) is 90.2 cm³/mol. The van der Waals surface area contributed by atoms with Crippen LogP contribution in [-0.4, -0.2) is 19.1 Å². The molecule has 21 heavy (non-hydrogen) atoms. The molecule has 0 unspecified atom stereocenters. The highest BCUT2D eigenvalue weighted by Gasteiger charge is 2.07. The number of pyridine rings is 1. The fraction of sp³-hybridized carbons (Fsp3) is 0.118. The lowest BCUT2D eigenvalue weighted by atomic mass is 10.1. The van der Waals surface area contributed by atoms with Gasteiger partial charge in [0.1, 0.15) is 0 Å². The van der Waals surface area contributed by atoms with Crippen LogP contribution in [0.15, 0.2) is 54.7 Å². The summed E-state index contributed by atoms with van der Waals surface area (Å²) >= 11 is 0. The molecule has 4 nitrogen and oxygen atoms in total. The molecule has 0 bridgehead atoms. The number of rotatable bonds is 3. The first kappa shape index (κ1) is 13.2. The number of nitrogen functional groups attached to an aromatic ring is 1. The van der Waals surface area contributed by atoms with Crippen molar-refractivity contribution in [3.63, 3.8) is 0 Å². The molecule has 0 amide bonds. The van der Waals surface area contributed by atoms with Crippen LogP contribution in [0.1, 0.15) is 0 Å². The predicted octanol–water partition coefficient (Wildman–Crippen LogP) is 3.63. The van der Waals surface area contributed by atoms with E-state index in [4.69, 9.17) is 5.73 Å². The summed E-state index contributed by atoms with van der Waals surface area (Å²) in [5.41, 5.74) is 10.7. The Morgan fingerprint density at radius 2 is 1.81 bits per heavy atom. The van der Waals surface area contributed by atoms with Crippen LogP contribution in [0.2, 0.25) is 0 Å². The SMILES string of the molecule is CN(C)c1ccccc1Nc1ccnc2cc(N)ccc12. The van der Waals surface area contributed by atoms with Gasteiger partial charge in [-0.25, -0.2) is 0 Å². The van der Waals surface area contributed by atoms with Crippen molar-refractivity contribution in [2.24, 2.45) is 0 Å². The molecule has 0 fully saturated rings. The highest BCUT2D eigenvalue weighted by Crippen LogP contribution is 2.31. The number of fused-ring (bicyclic) bond motifs is 1. The van der Waals surface area contributed by atoms with Crippen molar-refractivity contribution in [2.75, 3.05) is 30.0 Å². The minimum atomic E-state index is 0.723. The van der Waals surface area contributed by atoms with Gasteiger partial charge in [0, 0.05) is 37.1 Å². The summed E-state index contributed by atoms with van der Waals surface area (Å²) in [5, 5.41) is 4.55. The molecule has 0 spiro atoms. The Hall–Kier alpha value is -2.75. The van der Waals surface area contributed by atoms with Gasteiger partial charge in [-0.1, -0.05) is 12.1 Å². The molecule has 3 aromatic rings. The van der Waals surface area contributed by atoms with Crippen LogP contribution in [0.25, 0.3) is 10.9 Å². The molecule has 0 aliphatic rings. The maximum absolute atomic E-state index is 5.82. The fourth-order valence-corrected chi connectivity index (χ4v) is 2.39. The largest absolute Gasteiger partial charge is 0.399 e. The maximum Gasteiger partial charge on any atom is 0.0743 e. The summed E-state index contributed by atoms with van der Waals surface area (Å²) in [5.74, 6) is 0. The van der Waals surface area contributed by atoms with Gasteiger partial charge in [0.25, 0.3) is 0 Å². The summed E-state index contributed by atoms with van der Waals surface area (Å²) in [4.78, 5) is 6.46. The molecule has 2 aromatic carbocycles. The van der Waals surface area contributed by atoms with Crippen LogP contribution < -0.4 is 16.0 Å². The fourth-order valence-electron chi connectivity index (χ4n) is 2.39. The van der Waals surface area contributed by atoms with Gasteiger partial charge in [-0.3, -0.25) is 4.98 Å². The normalized spacial score (nSPS) is 10.6. The Bertz CT molecular complexity index is 781. The Morgan fingerprint density at radius 3 is 2.62 bits per heavy atom. The van der Waals surface area contributed by atoms with E-state index in [9.17, 15) is 0 Å². The molecule has 3 N–H and O–H groups in total. The third-order valence-corrected chi connectivity index (χ3v) is 3.42. The van der Waals surface area contributed by atoms with E-state index >= 15 is 0 Å². The second kappa shape index (κ2) is 5.32. The zero-order valence-electron chi connectivity index (χ0n) is 12.2. The van der Waals surface area contributed by atoms with E-state index in [1.165, 1.54) is 0 Å². The number of benzene rings is 2. The summed E-state index contributed by atoms with van der Waals surface area (Å²) < 4.78 is 0. The zero-order chi connectivity index (χ0) is 14.8. The molecule has 1 heterocycles. The number of nitrogens with zero attached hydrogens (tertiary/aromatic N) is 2. The summed E-state index contributed by atoms with van der Waals surface area (Å²) in [6, 6.07) is 16.0. The van der Waals surface area contributed by atoms with Crippen LogP contribution in [-0.2, 0) is 0 Å². The molecule has 4 heteroatoms. The monoisotopic (exact) mass is 278 g/mol. The maximum atomic E-state index is 5.82. The van der Waals surface area contributed by atoms with E-state index in [0.717, 1.165) is 33.7 Å². The first-order valence-corrected chi connectivity index (χ1v) is 6.83. The van der Waals surface area contributed by atoms with E-state index in [1.807, 2.05) is 50.5 Å². The van der Waals surface area contributed by atoms with Crippen LogP contribution in [0, 0.1) is 0 Å². The van der Waals surface area contributed by atoms with E-state index < -0.39 is 0 Å². The molecule has 106 valence electrons. The molecule has 0 radical (unpaired) electrons. The zero-order valence-corrected chi connectivity index (χ0v) is 12.2. The third kappa shape index (κ3) is 2.60. The first-order valence-electron chi connectivity index (χ1n) is 6.83. The summed E-state index contributed by atoms with van der Waals surface area (Å²) in [6.07, 6.45) is 1.79. The van der Waals surface area contributed by atoms with Crippen molar-refractivity contribution in [1.29, 1.82) is 0 Å². The summed E-state index contributed by atoms with van der Waals surface area (Å²) in [7, 11) is 4.07. The third-order valence-electron chi connectivity index (χ3n) is 3.42. The molecule has 0 atom stereocenters. The van der Waals surface area contributed by atoms with E-state index in [-0.39, 0.29) is 0 Å². The minimum Gasteiger partial charge on any atom is -0.399 e. The number of hydrogen-bond donors (Lipinski definition) is 2. The van der Waals surface area contributed by atoms with Gasteiger partial charge in [-0.15, -0.1) is 0 Å². The van der Waals surface area contributed by atoms with E-state index in [0.29, 0.717) is 0 Å². The highest BCUT2D eigenvalue weighted by atomic mass is 15.1. The summed E-state index contributed by atoms with van der Waals surface area (Å²) in [6.45, 7) is 0. The first-order chi connectivity index (χ1) is 10.1. The van der Waals surface area contributed by atoms with Crippen LogP contribution >= 0.6 is 0 Å². The topological polar surface area (TPSA) is 54.2 Å². The van der Waals surface area contributed by atoms with Crippen molar-refractivity contribution in [2.45, 2.75) is 0 Å². The van der Waals surface area contributed by atoms with Gasteiger partial charge in [0.15, 0.2) is 0 Å². The van der Waals surface area contributed by atoms with Crippen LogP contribution in [0.5, 0.6) is 0 Å². The van der Waals surface area contributed by atoms with E-state index in [2.05, 4.69) is 27.3 Å². The molecule has 3 rings (SSSR count). The molecular formula is C17H18N4. The molecule has 1 aromatic heterocycles. The smallest absolute Gasteiger partial charge is 0.0743 e. The average Bonchev–Trinajstić information content (AvgIpc) is 2.47. The number of nitrogens with two attached hydrogens (primary N) is 1. The minimum absolute atomic E-state index is 0.723. The van der Waals surface area contributed by atoms with Crippen molar-refractivity contribution >= 4 is 33.7 Å². The van der Waals surface area contributed by atoms with Crippen LogP contribution in [0.3, 0.4) is 0 Å².